The number of furan rings is 1. The molecule has 0 bridgehead atoms. The second kappa shape index (κ2) is 7.44. The Labute approximate surface area is 96.8 Å². The van der Waals surface area contributed by atoms with Crippen LogP contribution in [0.15, 0.2) is 16.5 Å². The molecule has 1 N–H and O–H groups in total. The Morgan fingerprint density at radius 1 is 1.31 bits per heavy atom. The van der Waals surface area contributed by atoms with Gasteiger partial charge in [-0.15, -0.1) is 0 Å². The van der Waals surface area contributed by atoms with E-state index in [2.05, 4.69) is 11.8 Å². The quantitative estimate of drug-likeness (QED) is 0.686. The number of rotatable bonds is 8. The van der Waals surface area contributed by atoms with Crippen LogP contribution in [0.25, 0.3) is 0 Å². The van der Waals surface area contributed by atoms with Crippen molar-refractivity contribution in [2.75, 3.05) is 26.3 Å². The third-order valence-electron chi connectivity index (χ3n) is 2.46. The number of hydrogen-bond acceptors (Lipinski definition) is 4. The van der Waals surface area contributed by atoms with Crippen molar-refractivity contribution in [3.63, 3.8) is 0 Å². The zero-order valence-corrected chi connectivity index (χ0v) is 10.1. The molecule has 0 saturated heterocycles. The predicted octanol–water partition coefficient (Wildman–Crippen LogP) is 1.63. The van der Waals surface area contributed by atoms with E-state index in [1.54, 1.807) is 0 Å². The molecule has 1 rings (SSSR count). The number of hydrogen-bond donors (Lipinski definition) is 1. The molecule has 0 aromatic carbocycles. The van der Waals surface area contributed by atoms with E-state index in [9.17, 15) is 0 Å². The van der Waals surface area contributed by atoms with Crippen LogP contribution in [0.4, 0.5) is 0 Å². The van der Waals surface area contributed by atoms with Crippen molar-refractivity contribution in [1.29, 1.82) is 0 Å². The maximum Gasteiger partial charge on any atom is 0.129 e. The molecule has 1 heterocycles. The molecule has 1 aromatic rings. The highest BCUT2D eigenvalue weighted by Gasteiger charge is 2.07. The van der Waals surface area contributed by atoms with Crippen LogP contribution >= 0.6 is 0 Å². The molecule has 0 unspecified atom stereocenters. The predicted molar refractivity (Wildman–Crippen MR) is 62.1 cm³/mol. The Morgan fingerprint density at radius 3 is 2.62 bits per heavy atom. The van der Waals surface area contributed by atoms with Gasteiger partial charge in [0.2, 0.25) is 0 Å². The molecule has 92 valence electrons. The van der Waals surface area contributed by atoms with Crippen molar-refractivity contribution >= 4 is 0 Å². The lowest BCUT2D eigenvalue weighted by molar-refractivity contribution is 0.109. The fourth-order valence-electron chi connectivity index (χ4n) is 1.50. The van der Waals surface area contributed by atoms with Crippen molar-refractivity contribution in [3.05, 3.63) is 23.7 Å². The van der Waals surface area contributed by atoms with Crippen LogP contribution in [0, 0.1) is 0 Å². The lowest BCUT2D eigenvalue weighted by atomic mass is 10.4. The van der Waals surface area contributed by atoms with Crippen LogP contribution in [-0.2, 0) is 17.9 Å². The van der Waals surface area contributed by atoms with Crippen molar-refractivity contribution in [2.24, 2.45) is 0 Å². The van der Waals surface area contributed by atoms with Gasteiger partial charge in [-0.2, -0.15) is 0 Å². The summed E-state index contributed by atoms with van der Waals surface area (Å²) in [4.78, 5) is 2.25. The minimum Gasteiger partial charge on any atom is -0.462 e. The van der Waals surface area contributed by atoms with E-state index in [0.29, 0.717) is 5.76 Å². The van der Waals surface area contributed by atoms with Gasteiger partial charge in [-0.3, -0.25) is 4.90 Å². The highest BCUT2D eigenvalue weighted by molar-refractivity contribution is 5.06. The number of nitrogens with zero attached hydrogens (tertiary/aromatic N) is 1. The molecule has 1 aromatic heterocycles. The van der Waals surface area contributed by atoms with Crippen molar-refractivity contribution < 1.29 is 14.3 Å². The largest absolute Gasteiger partial charge is 0.462 e. The number of aliphatic hydroxyl groups is 1. The lowest BCUT2D eigenvalue weighted by Gasteiger charge is -2.18. The fraction of sp³-hybridized carbons (Fsp3) is 0.667. The smallest absolute Gasteiger partial charge is 0.129 e. The second-order valence-corrected chi connectivity index (χ2v) is 3.59. The van der Waals surface area contributed by atoms with E-state index in [1.807, 2.05) is 19.1 Å². The van der Waals surface area contributed by atoms with Gasteiger partial charge >= 0.3 is 0 Å². The van der Waals surface area contributed by atoms with E-state index < -0.39 is 0 Å². The van der Waals surface area contributed by atoms with Crippen LogP contribution in [0.3, 0.4) is 0 Å². The van der Waals surface area contributed by atoms with Gasteiger partial charge in [0.1, 0.15) is 18.1 Å². The Hall–Kier alpha value is -0.840. The molecular weight excluding hydrogens is 206 g/mol. The van der Waals surface area contributed by atoms with Gasteiger partial charge in [-0.1, -0.05) is 6.92 Å². The maximum atomic E-state index is 8.89. The van der Waals surface area contributed by atoms with Gasteiger partial charge in [-0.25, -0.2) is 0 Å². The van der Waals surface area contributed by atoms with Crippen LogP contribution in [0.2, 0.25) is 0 Å². The van der Waals surface area contributed by atoms with Gasteiger partial charge in [0, 0.05) is 13.2 Å². The minimum atomic E-state index is -0.0366. The molecular formula is C12H21NO3. The zero-order valence-electron chi connectivity index (χ0n) is 10.1. The molecule has 16 heavy (non-hydrogen) atoms. The fourth-order valence-corrected chi connectivity index (χ4v) is 1.50. The van der Waals surface area contributed by atoms with E-state index in [4.69, 9.17) is 14.3 Å². The normalized spacial score (nSPS) is 11.2. The van der Waals surface area contributed by atoms with Crippen LogP contribution in [-0.4, -0.2) is 36.3 Å². The lowest BCUT2D eigenvalue weighted by Crippen LogP contribution is -2.26. The first kappa shape index (κ1) is 13.2. The summed E-state index contributed by atoms with van der Waals surface area (Å²) in [5.41, 5.74) is 0. The molecule has 0 atom stereocenters. The first-order valence-corrected chi connectivity index (χ1v) is 5.78. The molecule has 0 saturated carbocycles. The van der Waals surface area contributed by atoms with Gasteiger partial charge < -0.3 is 14.3 Å². The van der Waals surface area contributed by atoms with Gasteiger partial charge in [0.25, 0.3) is 0 Å². The Balaban J connectivity index is 2.36. The van der Waals surface area contributed by atoms with Gasteiger partial charge in [0.05, 0.1) is 13.2 Å². The van der Waals surface area contributed by atoms with E-state index in [-0.39, 0.29) is 6.61 Å². The molecule has 0 aliphatic rings. The highest BCUT2D eigenvalue weighted by Crippen LogP contribution is 2.10. The third-order valence-corrected chi connectivity index (χ3v) is 2.46. The summed E-state index contributed by atoms with van der Waals surface area (Å²) >= 11 is 0. The summed E-state index contributed by atoms with van der Waals surface area (Å²) in [6.45, 7) is 8.21. The number of aliphatic hydroxyl groups excluding tert-OH is 1. The van der Waals surface area contributed by atoms with Crippen LogP contribution in [0.1, 0.15) is 25.4 Å². The Bertz CT molecular complexity index is 286. The number of likely N-dealkylation sites (N-methyl/N-ethyl adjacent to an activating group) is 1. The van der Waals surface area contributed by atoms with E-state index >= 15 is 0 Å². The van der Waals surface area contributed by atoms with E-state index in [0.717, 1.165) is 38.6 Å². The molecule has 0 radical (unpaired) electrons. The highest BCUT2D eigenvalue weighted by atomic mass is 16.5. The summed E-state index contributed by atoms with van der Waals surface area (Å²) in [6.07, 6.45) is 0. The van der Waals surface area contributed by atoms with E-state index in [1.165, 1.54) is 0 Å². The summed E-state index contributed by atoms with van der Waals surface area (Å²) in [6, 6.07) is 3.72. The first-order chi connectivity index (χ1) is 7.80. The minimum absolute atomic E-state index is 0.0366. The first-order valence-electron chi connectivity index (χ1n) is 5.78. The molecule has 0 aliphatic carbocycles. The van der Waals surface area contributed by atoms with Crippen molar-refractivity contribution in [3.8, 4) is 0 Å². The molecule has 0 amide bonds. The summed E-state index contributed by atoms with van der Waals surface area (Å²) < 4.78 is 10.8. The Kier molecular flexibility index (Phi) is 6.15. The summed E-state index contributed by atoms with van der Waals surface area (Å²) in [5.74, 6) is 1.51. The third kappa shape index (κ3) is 4.35. The summed E-state index contributed by atoms with van der Waals surface area (Å²) in [5, 5.41) is 8.89. The molecule has 0 spiro atoms. The second-order valence-electron chi connectivity index (χ2n) is 3.59. The monoisotopic (exact) mass is 227 g/mol. The molecule has 0 fully saturated rings. The maximum absolute atomic E-state index is 8.89. The van der Waals surface area contributed by atoms with Gasteiger partial charge in [0.15, 0.2) is 0 Å². The van der Waals surface area contributed by atoms with Crippen molar-refractivity contribution in [2.45, 2.75) is 27.0 Å². The average Bonchev–Trinajstić information content (AvgIpc) is 2.75. The standard InChI is InChI=1S/C12H21NO3/c1-3-13(7-8-15-4-2)9-11-5-6-12(10-14)16-11/h5-6,14H,3-4,7-10H2,1-2H3. The van der Waals surface area contributed by atoms with Crippen LogP contribution in [0.5, 0.6) is 0 Å². The molecule has 4 nitrogen and oxygen atoms in total. The summed E-state index contributed by atoms with van der Waals surface area (Å²) in [7, 11) is 0. The average molecular weight is 227 g/mol. The zero-order chi connectivity index (χ0) is 11.8. The van der Waals surface area contributed by atoms with Gasteiger partial charge in [-0.05, 0) is 25.6 Å². The molecule has 4 heteroatoms. The SMILES string of the molecule is CCOCCN(CC)Cc1ccc(CO)o1. The number of ether oxygens (including phenoxy) is 1. The Morgan fingerprint density at radius 2 is 2.06 bits per heavy atom. The van der Waals surface area contributed by atoms with Crippen LogP contribution < -0.4 is 0 Å². The van der Waals surface area contributed by atoms with Crippen molar-refractivity contribution in [1.82, 2.24) is 4.90 Å². The topological polar surface area (TPSA) is 45.8 Å². The molecule has 0 aliphatic heterocycles.